The van der Waals surface area contributed by atoms with E-state index in [1.165, 1.54) is 6.26 Å². The van der Waals surface area contributed by atoms with Crippen molar-refractivity contribution in [3.63, 3.8) is 0 Å². The Morgan fingerprint density at radius 3 is 2.78 bits per heavy atom. The van der Waals surface area contributed by atoms with Crippen LogP contribution in [0.3, 0.4) is 0 Å². The summed E-state index contributed by atoms with van der Waals surface area (Å²) in [6, 6.07) is 10.8. The number of para-hydroxylation sites is 1. The highest BCUT2D eigenvalue weighted by molar-refractivity contribution is 5.93. The molecule has 8 heteroatoms. The third-order valence-electron chi connectivity index (χ3n) is 4.07. The molecule has 27 heavy (non-hydrogen) atoms. The highest BCUT2D eigenvalue weighted by Gasteiger charge is 2.15. The van der Waals surface area contributed by atoms with E-state index in [0.29, 0.717) is 18.7 Å². The van der Waals surface area contributed by atoms with Crippen molar-refractivity contribution in [3.8, 4) is 5.75 Å². The molecule has 0 aliphatic heterocycles. The number of H-pyrrole nitrogens is 1. The molecular weight excluding hydrogens is 350 g/mol. The summed E-state index contributed by atoms with van der Waals surface area (Å²) < 4.78 is 11.4. The Labute approximate surface area is 154 Å². The summed E-state index contributed by atoms with van der Waals surface area (Å²) in [6.07, 6.45) is 3.12. The minimum Gasteiger partial charge on any atom is -0.496 e. The van der Waals surface area contributed by atoms with Gasteiger partial charge >= 0.3 is 5.69 Å². The Hall–Kier alpha value is -3.55. The van der Waals surface area contributed by atoms with Crippen LogP contribution < -0.4 is 21.3 Å². The topological polar surface area (TPSA) is 106 Å². The Morgan fingerprint density at radius 1 is 1.22 bits per heavy atom. The van der Waals surface area contributed by atoms with Crippen LogP contribution in [0.2, 0.25) is 0 Å². The predicted octanol–water partition coefficient (Wildman–Crippen LogP) is 1.16. The summed E-state index contributed by atoms with van der Waals surface area (Å²) >= 11 is 0. The smallest absolute Gasteiger partial charge is 0.328 e. The molecule has 0 aliphatic rings. The number of nitrogens with one attached hydrogen (secondary N) is 2. The van der Waals surface area contributed by atoms with E-state index in [9.17, 15) is 14.4 Å². The molecule has 0 atom stereocenters. The molecule has 8 nitrogen and oxygen atoms in total. The zero-order valence-electron chi connectivity index (χ0n) is 14.7. The zero-order valence-corrected chi connectivity index (χ0v) is 14.7. The minimum absolute atomic E-state index is 0.0521. The van der Waals surface area contributed by atoms with Gasteiger partial charge in [-0.25, -0.2) is 4.79 Å². The van der Waals surface area contributed by atoms with Crippen molar-refractivity contribution in [1.29, 1.82) is 0 Å². The lowest BCUT2D eigenvalue weighted by Gasteiger charge is -2.09. The lowest BCUT2D eigenvalue weighted by Crippen LogP contribution is -2.41. The number of nitrogens with zero attached hydrogens (tertiary/aromatic N) is 1. The highest BCUT2D eigenvalue weighted by atomic mass is 16.5. The van der Waals surface area contributed by atoms with E-state index in [2.05, 4.69) is 10.3 Å². The fraction of sp³-hybridized carbons (Fsp3) is 0.211. The molecule has 0 radical (unpaired) electrons. The second kappa shape index (κ2) is 8.22. The van der Waals surface area contributed by atoms with Crippen LogP contribution in [0, 0.1) is 0 Å². The molecule has 1 amide bonds. The Morgan fingerprint density at radius 2 is 2.04 bits per heavy atom. The third-order valence-corrected chi connectivity index (χ3v) is 4.07. The monoisotopic (exact) mass is 369 g/mol. The van der Waals surface area contributed by atoms with E-state index in [4.69, 9.17) is 9.15 Å². The number of amides is 1. The first kappa shape index (κ1) is 18.2. The first-order chi connectivity index (χ1) is 13.1. The molecule has 0 spiro atoms. The van der Waals surface area contributed by atoms with Gasteiger partial charge in [-0.3, -0.25) is 14.2 Å². The molecule has 0 aliphatic carbocycles. The molecule has 2 aromatic heterocycles. The summed E-state index contributed by atoms with van der Waals surface area (Å²) in [5.74, 6) is 0.618. The summed E-state index contributed by atoms with van der Waals surface area (Å²) in [4.78, 5) is 39.2. The van der Waals surface area contributed by atoms with Gasteiger partial charge in [0.05, 0.1) is 19.9 Å². The van der Waals surface area contributed by atoms with E-state index < -0.39 is 17.2 Å². The fourth-order valence-corrected chi connectivity index (χ4v) is 2.69. The van der Waals surface area contributed by atoms with Gasteiger partial charge in [-0.05, 0) is 30.2 Å². The van der Waals surface area contributed by atoms with E-state index in [0.717, 1.165) is 22.1 Å². The van der Waals surface area contributed by atoms with Gasteiger partial charge in [-0.15, -0.1) is 0 Å². The number of rotatable bonds is 7. The Bertz CT molecular complexity index is 1030. The Kier molecular flexibility index (Phi) is 5.55. The van der Waals surface area contributed by atoms with Crippen LogP contribution in [-0.4, -0.2) is 29.1 Å². The van der Waals surface area contributed by atoms with Crippen molar-refractivity contribution in [3.05, 3.63) is 86.6 Å². The first-order valence-electron chi connectivity index (χ1n) is 8.35. The number of aromatic amines is 1. The van der Waals surface area contributed by atoms with Crippen LogP contribution in [-0.2, 0) is 13.0 Å². The summed E-state index contributed by atoms with van der Waals surface area (Å²) in [7, 11) is 1.58. The van der Waals surface area contributed by atoms with Crippen molar-refractivity contribution in [1.82, 2.24) is 14.9 Å². The van der Waals surface area contributed by atoms with E-state index in [1.807, 2.05) is 24.3 Å². The van der Waals surface area contributed by atoms with Gasteiger partial charge in [-0.1, -0.05) is 18.2 Å². The van der Waals surface area contributed by atoms with Gasteiger partial charge in [-0.2, -0.15) is 0 Å². The molecule has 0 fully saturated rings. The highest BCUT2D eigenvalue weighted by Crippen LogP contribution is 2.17. The summed E-state index contributed by atoms with van der Waals surface area (Å²) in [5, 5.41) is 2.69. The lowest BCUT2D eigenvalue weighted by atomic mass is 10.1. The molecule has 140 valence electrons. The van der Waals surface area contributed by atoms with Crippen LogP contribution in [0.15, 0.2) is 62.9 Å². The average molecular weight is 369 g/mol. The molecule has 2 heterocycles. The molecule has 3 rings (SSSR count). The van der Waals surface area contributed by atoms with Gasteiger partial charge in [0.25, 0.3) is 11.5 Å². The second-order valence-electron chi connectivity index (χ2n) is 5.80. The van der Waals surface area contributed by atoms with Crippen molar-refractivity contribution < 1.29 is 13.9 Å². The fourth-order valence-electron chi connectivity index (χ4n) is 2.69. The number of hydrogen-bond donors (Lipinski definition) is 2. The first-order valence-corrected chi connectivity index (χ1v) is 8.35. The number of ether oxygens (including phenoxy) is 1. The van der Waals surface area contributed by atoms with Crippen LogP contribution >= 0.6 is 0 Å². The SMILES string of the molecule is COc1ccccc1CCNC(=O)c1c[nH]c(=O)n(Cc2ccco2)c1=O. The van der Waals surface area contributed by atoms with Gasteiger partial charge in [0.15, 0.2) is 0 Å². The third kappa shape index (κ3) is 4.17. The number of methoxy groups -OCH3 is 1. The molecule has 0 saturated heterocycles. The molecule has 3 aromatic rings. The predicted molar refractivity (Wildman–Crippen MR) is 98.2 cm³/mol. The molecule has 0 unspecified atom stereocenters. The second-order valence-corrected chi connectivity index (χ2v) is 5.80. The van der Waals surface area contributed by atoms with Crippen molar-refractivity contribution in [2.24, 2.45) is 0 Å². The number of benzene rings is 1. The molecule has 2 N–H and O–H groups in total. The van der Waals surface area contributed by atoms with Gasteiger partial charge < -0.3 is 19.5 Å². The van der Waals surface area contributed by atoms with Crippen LogP contribution in [0.4, 0.5) is 0 Å². The van der Waals surface area contributed by atoms with Crippen molar-refractivity contribution >= 4 is 5.91 Å². The molecular formula is C19H19N3O5. The standard InChI is InChI=1S/C19H19N3O5/c1-26-16-7-3-2-5-13(16)8-9-20-17(23)15-11-21-19(25)22(18(15)24)12-14-6-4-10-27-14/h2-7,10-11H,8-9,12H2,1H3,(H,20,23)(H,21,25). The normalized spacial score (nSPS) is 10.6. The zero-order chi connectivity index (χ0) is 19.2. The van der Waals surface area contributed by atoms with E-state index in [-0.39, 0.29) is 12.1 Å². The largest absolute Gasteiger partial charge is 0.496 e. The van der Waals surface area contributed by atoms with Crippen molar-refractivity contribution in [2.75, 3.05) is 13.7 Å². The quantitative estimate of drug-likeness (QED) is 0.650. The van der Waals surface area contributed by atoms with Crippen LogP contribution in [0.5, 0.6) is 5.75 Å². The lowest BCUT2D eigenvalue weighted by molar-refractivity contribution is 0.0951. The van der Waals surface area contributed by atoms with Crippen LogP contribution in [0.25, 0.3) is 0 Å². The number of hydrogen-bond acceptors (Lipinski definition) is 5. The molecule has 1 aromatic carbocycles. The van der Waals surface area contributed by atoms with Crippen molar-refractivity contribution in [2.45, 2.75) is 13.0 Å². The number of furan rings is 1. The molecule has 0 bridgehead atoms. The van der Waals surface area contributed by atoms with E-state index in [1.54, 1.807) is 19.2 Å². The number of carbonyl (C=O) groups excluding carboxylic acids is 1. The maximum absolute atomic E-state index is 12.5. The molecule has 0 saturated carbocycles. The summed E-state index contributed by atoms with van der Waals surface area (Å²) in [6.45, 7) is 0.263. The number of aromatic nitrogens is 2. The van der Waals surface area contributed by atoms with Gasteiger partial charge in [0.1, 0.15) is 17.1 Å². The van der Waals surface area contributed by atoms with Crippen LogP contribution in [0.1, 0.15) is 21.7 Å². The summed E-state index contributed by atoms with van der Waals surface area (Å²) in [5.41, 5.74) is -0.481. The van der Waals surface area contributed by atoms with Gasteiger partial charge in [0, 0.05) is 12.7 Å². The minimum atomic E-state index is -0.676. The average Bonchev–Trinajstić information content (AvgIpc) is 3.18. The van der Waals surface area contributed by atoms with E-state index >= 15 is 0 Å². The maximum atomic E-state index is 12.5. The van der Waals surface area contributed by atoms with Gasteiger partial charge in [0.2, 0.25) is 0 Å². The maximum Gasteiger partial charge on any atom is 0.328 e. The number of carbonyl (C=O) groups is 1. The Balaban J connectivity index is 1.71.